The number of carbonyl (C=O) groups is 1. The lowest BCUT2D eigenvalue weighted by molar-refractivity contribution is -0.128. The summed E-state index contributed by atoms with van der Waals surface area (Å²) < 4.78 is 5.88. The number of nitriles is 1. The van der Waals surface area contributed by atoms with Crippen molar-refractivity contribution in [3.05, 3.63) is 30.6 Å². The number of furan rings is 1. The van der Waals surface area contributed by atoms with Crippen molar-refractivity contribution in [1.82, 2.24) is 14.9 Å². The van der Waals surface area contributed by atoms with Crippen molar-refractivity contribution in [2.75, 3.05) is 13.6 Å². The molecule has 0 aliphatic heterocycles. The van der Waals surface area contributed by atoms with Crippen molar-refractivity contribution in [2.24, 2.45) is 0 Å². The van der Waals surface area contributed by atoms with Crippen LogP contribution in [0.15, 0.2) is 40.0 Å². The fourth-order valence-electron chi connectivity index (χ4n) is 2.44. The molecule has 1 atom stereocenters. The van der Waals surface area contributed by atoms with Gasteiger partial charge in [0.1, 0.15) is 22.5 Å². The van der Waals surface area contributed by atoms with Crippen molar-refractivity contribution < 1.29 is 9.21 Å². The second kappa shape index (κ2) is 6.89. The zero-order valence-corrected chi connectivity index (χ0v) is 14.2. The summed E-state index contributed by atoms with van der Waals surface area (Å²) in [6, 6.07) is 9.72. The van der Waals surface area contributed by atoms with Gasteiger partial charge in [-0.05, 0) is 19.1 Å². The average Bonchev–Trinajstić information content (AvgIpc) is 2.98. The lowest BCUT2D eigenvalue weighted by Crippen LogP contribution is -2.33. The van der Waals surface area contributed by atoms with Gasteiger partial charge in [0.05, 0.1) is 17.7 Å². The summed E-state index contributed by atoms with van der Waals surface area (Å²) in [5.74, 6) is -0.0434. The molecule has 6 nitrogen and oxygen atoms in total. The summed E-state index contributed by atoms with van der Waals surface area (Å²) in [6.07, 6.45) is 1.81. The number of thioether (sulfide) groups is 1. The summed E-state index contributed by atoms with van der Waals surface area (Å²) in [4.78, 5) is 22.5. The summed E-state index contributed by atoms with van der Waals surface area (Å²) in [6.45, 7) is 2.25. The first kappa shape index (κ1) is 16.3. The number of rotatable bonds is 5. The minimum absolute atomic E-state index is 0.0434. The normalized spacial score (nSPS) is 12.2. The van der Waals surface area contributed by atoms with Gasteiger partial charge in [0.15, 0.2) is 5.58 Å². The zero-order chi connectivity index (χ0) is 17.1. The molecular weight excluding hydrogens is 324 g/mol. The summed E-state index contributed by atoms with van der Waals surface area (Å²) >= 11 is 1.34. The predicted octanol–water partition coefficient (Wildman–Crippen LogP) is 3.23. The minimum Gasteiger partial charge on any atom is -0.451 e. The first-order chi connectivity index (χ1) is 11.6. The Bertz CT molecular complexity index is 931. The number of hydrogen-bond acceptors (Lipinski definition) is 6. The van der Waals surface area contributed by atoms with Crippen molar-refractivity contribution in [1.29, 1.82) is 5.26 Å². The standard InChI is InChI=1S/C17H16N4O2S/c1-11(17(22)21(2)9-5-8-18)24-16-15-14(19-10-20-16)12-6-3-4-7-13(12)23-15/h3-4,6-7,10-11H,5,9H2,1-2H3/t11-/m0/s1. The smallest absolute Gasteiger partial charge is 0.235 e. The fourth-order valence-corrected chi connectivity index (χ4v) is 3.41. The van der Waals surface area contributed by atoms with E-state index in [2.05, 4.69) is 9.97 Å². The van der Waals surface area contributed by atoms with Gasteiger partial charge in [-0.2, -0.15) is 5.26 Å². The SMILES string of the molecule is C[C@H](Sc1ncnc2c1oc1ccccc12)C(=O)N(C)CCC#N. The van der Waals surface area contributed by atoms with E-state index in [4.69, 9.17) is 9.68 Å². The molecule has 7 heteroatoms. The molecule has 0 fully saturated rings. The highest BCUT2D eigenvalue weighted by Crippen LogP contribution is 2.34. The highest BCUT2D eigenvalue weighted by atomic mass is 32.2. The molecule has 0 saturated carbocycles. The Morgan fingerprint density at radius 2 is 2.21 bits per heavy atom. The number of benzene rings is 1. The van der Waals surface area contributed by atoms with Gasteiger partial charge in [-0.15, -0.1) is 0 Å². The Morgan fingerprint density at radius 3 is 3.00 bits per heavy atom. The second-order valence-corrected chi connectivity index (χ2v) is 6.71. The molecule has 0 aliphatic rings. The van der Waals surface area contributed by atoms with Crippen LogP contribution in [-0.4, -0.2) is 39.6 Å². The maximum Gasteiger partial charge on any atom is 0.235 e. The van der Waals surface area contributed by atoms with Gasteiger partial charge in [0.25, 0.3) is 0 Å². The third-order valence-electron chi connectivity index (χ3n) is 3.70. The molecule has 1 aromatic carbocycles. The molecule has 122 valence electrons. The molecule has 0 spiro atoms. The van der Waals surface area contributed by atoms with Crippen LogP contribution in [0.5, 0.6) is 0 Å². The van der Waals surface area contributed by atoms with Gasteiger partial charge in [-0.1, -0.05) is 23.9 Å². The molecule has 0 radical (unpaired) electrons. The Balaban J connectivity index is 1.87. The third kappa shape index (κ3) is 3.05. The fraction of sp³-hybridized carbons (Fsp3) is 0.294. The number of fused-ring (bicyclic) bond motifs is 3. The van der Waals surface area contributed by atoms with Crippen LogP contribution < -0.4 is 0 Å². The molecule has 2 aromatic heterocycles. The highest BCUT2D eigenvalue weighted by molar-refractivity contribution is 8.00. The first-order valence-corrected chi connectivity index (χ1v) is 8.40. The van der Waals surface area contributed by atoms with E-state index in [0.717, 1.165) is 16.5 Å². The van der Waals surface area contributed by atoms with E-state index >= 15 is 0 Å². The van der Waals surface area contributed by atoms with E-state index in [-0.39, 0.29) is 11.2 Å². The zero-order valence-electron chi connectivity index (χ0n) is 13.4. The van der Waals surface area contributed by atoms with Crippen LogP contribution in [0.1, 0.15) is 13.3 Å². The Labute approximate surface area is 143 Å². The summed E-state index contributed by atoms with van der Waals surface area (Å²) in [7, 11) is 1.70. The van der Waals surface area contributed by atoms with Crippen LogP contribution in [0.4, 0.5) is 0 Å². The monoisotopic (exact) mass is 340 g/mol. The molecule has 0 aliphatic carbocycles. The van der Waals surface area contributed by atoms with Crippen LogP contribution >= 0.6 is 11.8 Å². The van der Waals surface area contributed by atoms with E-state index in [0.29, 0.717) is 23.6 Å². The molecule has 24 heavy (non-hydrogen) atoms. The van der Waals surface area contributed by atoms with Crippen LogP contribution in [0.2, 0.25) is 0 Å². The van der Waals surface area contributed by atoms with Crippen LogP contribution in [0.3, 0.4) is 0 Å². The van der Waals surface area contributed by atoms with E-state index in [1.54, 1.807) is 11.9 Å². The number of para-hydroxylation sites is 1. The minimum atomic E-state index is -0.333. The van der Waals surface area contributed by atoms with Gasteiger partial charge in [0.2, 0.25) is 5.91 Å². The molecule has 0 unspecified atom stereocenters. The molecule has 1 amide bonds. The topological polar surface area (TPSA) is 83.0 Å². The highest BCUT2D eigenvalue weighted by Gasteiger charge is 2.22. The Hall–Kier alpha value is -2.59. The molecule has 0 N–H and O–H groups in total. The molecule has 2 heterocycles. The average molecular weight is 340 g/mol. The van der Waals surface area contributed by atoms with Crippen molar-refractivity contribution in [2.45, 2.75) is 23.6 Å². The number of nitrogens with zero attached hydrogens (tertiary/aromatic N) is 4. The van der Waals surface area contributed by atoms with Crippen molar-refractivity contribution in [3.8, 4) is 6.07 Å². The van der Waals surface area contributed by atoms with E-state index in [9.17, 15) is 4.79 Å². The third-order valence-corrected chi connectivity index (χ3v) is 4.77. The van der Waals surface area contributed by atoms with E-state index < -0.39 is 0 Å². The lowest BCUT2D eigenvalue weighted by atomic mass is 10.2. The largest absolute Gasteiger partial charge is 0.451 e. The molecule has 0 bridgehead atoms. The molecular formula is C17H16N4O2S. The van der Waals surface area contributed by atoms with Crippen LogP contribution in [0.25, 0.3) is 22.1 Å². The van der Waals surface area contributed by atoms with Gasteiger partial charge in [-0.25, -0.2) is 9.97 Å². The van der Waals surface area contributed by atoms with E-state index in [1.807, 2.05) is 37.3 Å². The maximum atomic E-state index is 12.4. The van der Waals surface area contributed by atoms with Gasteiger partial charge in [0, 0.05) is 19.0 Å². The lowest BCUT2D eigenvalue weighted by Gasteiger charge is -2.19. The van der Waals surface area contributed by atoms with Gasteiger partial charge < -0.3 is 9.32 Å². The number of carbonyl (C=O) groups excluding carboxylic acids is 1. The Morgan fingerprint density at radius 1 is 1.42 bits per heavy atom. The molecule has 3 aromatic rings. The number of aromatic nitrogens is 2. The number of amides is 1. The van der Waals surface area contributed by atoms with E-state index in [1.165, 1.54) is 18.1 Å². The van der Waals surface area contributed by atoms with Gasteiger partial charge in [-0.3, -0.25) is 4.79 Å². The maximum absolute atomic E-state index is 12.4. The Kier molecular flexibility index (Phi) is 4.67. The van der Waals surface area contributed by atoms with Crippen LogP contribution in [-0.2, 0) is 4.79 Å². The first-order valence-electron chi connectivity index (χ1n) is 7.52. The predicted molar refractivity (Wildman–Crippen MR) is 92.5 cm³/mol. The molecule has 3 rings (SSSR count). The quantitative estimate of drug-likeness (QED) is 0.524. The van der Waals surface area contributed by atoms with Crippen molar-refractivity contribution >= 4 is 39.7 Å². The second-order valence-electron chi connectivity index (χ2n) is 5.38. The summed E-state index contributed by atoms with van der Waals surface area (Å²) in [5, 5.41) is 9.88. The van der Waals surface area contributed by atoms with Crippen LogP contribution in [0, 0.1) is 11.3 Å². The van der Waals surface area contributed by atoms with Gasteiger partial charge >= 0.3 is 0 Å². The number of hydrogen-bond donors (Lipinski definition) is 0. The molecule has 0 saturated heterocycles. The summed E-state index contributed by atoms with van der Waals surface area (Å²) in [5.41, 5.74) is 2.10. The van der Waals surface area contributed by atoms with Crippen molar-refractivity contribution in [3.63, 3.8) is 0 Å².